The minimum Gasteiger partial charge on any atom is -0.399 e. The zero-order chi connectivity index (χ0) is 22.1. The minimum atomic E-state index is 0.347. The van der Waals surface area contributed by atoms with E-state index in [-0.39, 0.29) is 0 Å². The summed E-state index contributed by atoms with van der Waals surface area (Å²) in [5.74, 6) is 0. The molecule has 0 radical (unpaired) electrons. The Labute approximate surface area is 187 Å². The van der Waals surface area contributed by atoms with Gasteiger partial charge in [-0.15, -0.1) is 0 Å². The molecule has 2 fully saturated rings. The summed E-state index contributed by atoms with van der Waals surface area (Å²) in [7, 11) is 0. The molecule has 0 bridgehead atoms. The van der Waals surface area contributed by atoms with E-state index in [1.54, 1.807) is 0 Å². The molecule has 1 saturated carbocycles. The van der Waals surface area contributed by atoms with Crippen LogP contribution in [0, 0.1) is 6.92 Å². The van der Waals surface area contributed by atoms with Crippen molar-refractivity contribution in [3.05, 3.63) is 76.9 Å². The Kier molecular flexibility index (Phi) is 6.22. The molecule has 1 unspecified atom stereocenters. The summed E-state index contributed by atoms with van der Waals surface area (Å²) >= 11 is 0. The van der Waals surface area contributed by atoms with E-state index in [0.717, 1.165) is 61.0 Å². The first kappa shape index (κ1) is 21.7. The van der Waals surface area contributed by atoms with Gasteiger partial charge in [-0.2, -0.15) is 0 Å². The van der Waals surface area contributed by atoms with E-state index in [1.165, 1.54) is 29.5 Å². The van der Waals surface area contributed by atoms with Gasteiger partial charge in [0.2, 0.25) is 0 Å². The lowest BCUT2D eigenvalue weighted by atomic mass is 9.92. The fourth-order valence-corrected chi connectivity index (χ4v) is 4.95. The number of rotatable bonds is 7. The molecule has 2 aromatic rings. The predicted molar refractivity (Wildman–Crippen MR) is 132 cm³/mol. The van der Waals surface area contributed by atoms with Crippen LogP contribution < -0.4 is 11.5 Å². The molecule has 4 rings (SSSR count). The van der Waals surface area contributed by atoms with E-state index in [4.69, 9.17) is 11.5 Å². The number of aryl methyl sites for hydroxylation is 2. The van der Waals surface area contributed by atoms with Crippen LogP contribution in [0.1, 0.15) is 59.2 Å². The third-order valence-corrected chi connectivity index (χ3v) is 7.02. The van der Waals surface area contributed by atoms with Gasteiger partial charge in [-0.05, 0) is 54.0 Å². The highest BCUT2D eigenvalue weighted by molar-refractivity contribution is 5.71. The van der Waals surface area contributed by atoms with Crippen molar-refractivity contribution in [3.8, 4) is 0 Å². The maximum Gasteiger partial charge on any atom is 0.0479 e. The van der Waals surface area contributed by atoms with Crippen molar-refractivity contribution in [2.24, 2.45) is 5.73 Å². The number of piperazine rings is 1. The van der Waals surface area contributed by atoms with E-state index in [2.05, 4.69) is 67.1 Å². The van der Waals surface area contributed by atoms with Crippen LogP contribution in [-0.4, -0.2) is 35.5 Å². The van der Waals surface area contributed by atoms with Gasteiger partial charge in [0, 0.05) is 55.2 Å². The van der Waals surface area contributed by atoms with Crippen LogP contribution >= 0.6 is 0 Å². The van der Waals surface area contributed by atoms with Crippen molar-refractivity contribution < 1.29 is 0 Å². The SMILES string of the molecule is C=Cc1c(N)c(C)cc(CC)c1CN1CCN(C2CC2)CC1c1ccc(C(=C)N)cc1. The highest BCUT2D eigenvalue weighted by atomic mass is 15.3. The normalized spacial score (nSPS) is 20.0. The largest absolute Gasteiger partial charge is 0.399 e. The highest BCUT2D eigenvalue weighted by Crippen LogP contribution is 2.36. The topological polar surface area (TPSA) is 58.5 Å². The summed E-state index contributed by atoms with van der Waals surface area (Å²) < 4.78 is 0. The van der Waals surface area contributed by atoms with Crippen molar-refractivity contribution in [1.29, 1.82) is 0 Å². The molecule has 1 saturated heterocycles. The maximum absolute atomic E-state index is 6.47. The highest BCUT2D eigenvalue weighted by Gasteiger charge is 2.36. The Morgan fingerprint density at radius 3 is 2.48 bits per heavy atom. The summed E-state index contributed by atoms with van der Waals surface area (Å²) in [5.41, 5.74) is 21.1. The molecular weight excluding hydrogens is 380 g/mol. The van der Waals surface area contributed by atoms with E-state index in [0.29, 0.717) is 11.7 Å². The zero-order valence-electron chi connectivity index (χ0n) is 19.0. The molecule has 0 spiro atoms. The van der Waals surface area contributed by atoms with Crippen molar-refractivity contribution >= 4 is 17.5 Å². The molecule has 2 aromatic carbocycles. The van der Waals surface area contributed by atoms with E-state index in [9.17, 15) is 0 Å². The smallest absolute Gasteiger partial charge is 0.0479 e. The lowest BCUT2D eigenvalue weighted by Gasteiger charge is -2.42. The van der Waals surface area contributed by atoms with Gasteiger partial charge in [-0.25, -0.2) is 0 Å². The number of hydrogen-bond donors (Lipinski definition) is 2. The van der Waals surface area contributed by atoms with Gasteiger partial charge in [0.1, 0.15) is 0 Å². The lowest BCUT2D eigenvalue weighted by molar-refractivity contribution is 0.0631. The molecule has 4 heteroatoms. The van der Waals surface area contributed by atoms with Crippen LogP contribution in [0.3, 0.4) is 0 Å². The number of nitrogens with two attached hydrogens (primary N) is 2. The number of nitrogens with zero attached hydrogens (tertiary/aromatic N) is 2. The fourth-order valence-electron chi connectivity index (χ4n) is 4.95. The van der Waals surface area contributed by atoms with Crippen LogP contribution in [-0.2, 0) is 13.0 Å². The second-order valence-corrected chi connectivity index (χ2v) is 9.08. The van der Waals surface area contributed by atoms with E-state index in [1.807, 2.05) is 6.08 Å². The minimum absolute atomic E-state index is 0.347. The maximum atomic E-state index is 6.47. The second kappa shape index (κ2) is 8.89. The van der Waals surface area contributed by atoms with Gasteiger partial charge in [0.25, 0.3) is 0 Å². The van der Waals surface area contributed by atoms with Gasteiger partial charge < -0.3 is 11.5 Å². The van der Waals surface area contributed by atoms with Gasteiger partial charge in [0.15, 0.2) is 0 Å². The van der Waals surface area contributed by atoms with Crippen molar-refractivity contribution in [1.82, 2.24) is 9.80 Å². The lowest BCUT2D eigenvalue weighted by Crippen LogP contribution is -2.48. The average Bonchev–Trinajstić information content (AvgIpc) is 3.62. The second-order valence-electron chi connectivity index (χ2n) is 9.08. The Bertz CT molecular complexity index is 972. The van der Waals surface area contributed by atoms with Crippen LogP contribution in [0.25, 0.3) is 11.8 Å². The Balaban J connectivity index is 1.68. The first-order chi connectivity index (χ1) is 14.9. The zero-order valence-corrected chi connectivity index (χ0v) is 19.0. The molecule has 1 aliphatic heterocycles. The third-order valence-electron chi connectivity index (χ3n) is 7.02. The number of nitrogen functional groups attached to an aromatic ring is 1. The third kappa shape index (κ3) is 4.41. The van der Waals surface area contributed by atoms with Crippen molar-refractivity contribution in [3.63, 3.8) is 0 Å². The molecule has 31 heavy (non-hydrogen) atoms. The van der Waals surface area contributed by atoms with Crippen LogP contribution in [0.15, 0.2) is 43.5 Å². The predicted octanol–water partition coefficient (Wildman–Crippen LogP) is 4.73. The Hall–Kier alpha value is -2.56. The van der Waals surface area contributed by atoms with E-state index < -0.39 is 0 Å². The summed E-state index contributed by atoms with van der Waals surface area (Å²) in [6.07, 6.45) is 5.62. The molecular formula is C27H36N4. The quantitative estimate of drug-likeness (QED) is 0.641. The molecule has 4 nitrogen and oxygen atoms in total. The Morgan fingerprint density at radius 2 is 1.90 bits per heavy atom. The number of anilines is 1. The van der Waals surface area contributed by atoms with Crippen LogP contribution in [0.2, 0.25) is 0 Å². The fraction of sp³-hybridized carbons (Fsp3) is 0.407. The first-order valence-corrected chi connectivity index (χ1v) is 11.5. The number of benzene rings is 2. The van der Waals surface area contributed by atoms with Crippen LogP contribution in [0.4, 0.5) is 5.69 Å². The van der Waals surface area contributed by atoms with Crippen molar-refractivity contribution in [2.75, 3.05) is 25.4 Å². The summed E-state index contributed by atoms with van der Waals surface area (Å²) in [4.78, 5) is 5.30. The molecule has 1 atom stereocenters. The molecule has 1 heterocycles. The van der Waals surface area contributed by atoms with E-state index >= 15 is 0 Å². The van der Waals surface area contributed by atoms with Gasteiger partial charge in [0.05, 0.1) is 0 Å². The molecule has 0 aromatic heterocycles. The Morgan fingerprint density at radius 1 is 1.19 bits per heavy atom. The molecule has 2 aliphatic rings. The van der Waals surface area contributed by atoms with Gasteiger partial charge in [-0.3, -0.25) is 9.80 Å². The average molecular weight is 417 g/mol. The van der Waals surface area contributed by atoms with Crippen LogP contribution in [0.5, 0.6) is 0 Å². The van der Waals surface area contributed by atoms with Gasteiger partial charge >= 0.3 is 0 Å². The molecule has 1 aliphatic carbocycles. The van der Waals surface area contributed by atoms with Gasteiger partial charge in [-0.1, -0.05) is 56.5 Å². The van der Waals surface area contributed by atoms with Crippen molar-refractivity contribution in [2.45, 2.75) is 51.7 Å². The molecule has 0 amide bonds. The monoisotopic (exact) mass is 416 g/mol. The molecule has 164 valence electrons. The molecule has 4 N–H and O–H groups in total. The summed E-state index contributed by atoms with van der Waals surface area (Å²) in [6, 6.07) is 12.0. The number of hydrogen-bond acceptors (Lipinski definition) is 4. The first-order valence-electron chi connectivity index (χ1n) is 11.5. The standard InChI is InChI=1S/C27H36N4/c1-5-20-15-18(3)27(29)24(6-2)25(20)16-31-14-13-30(23-11-12-23)17-26(31)22-9-7-21(8-10-22)19(4)28/h6-10,15,23,26H,2,4-5,11-14,16-17,28-29H2,1,3H3. The summed E-state index contributed by atoms with van der Waals surface area (Å²) in [6.45, 7) is 16.4. The summed E-state index contributed by atoms with van der Waals surface area (Å²) in [5, 5.41) is 0.